The Morgan fingerprint density at radius 1 is 0.605 bits per heavy atom. The molecule has 3 aromatic carbocycles. The van der Waals surface area contributed by atoms with Gasteiger partial charge >= 0.3 is 11.9 Å². The van der Waals surface area contributed by atoms with E-state index in [-0.39, 0.29) is 27.2 Å². The first kappa shape index (κ1) is 27.6. The van der Waals surface area contributed by atoms with Crippen LogP contribution in [0.25, 0.3) is 0 Å². The van der Waals surface area contributed by atoms with Gasteiger partial charge in [0.05, 0.1) is 11.8 Å². The molecule has 3 rings (SSSR count). The van der Waals surface area contributed by atoms with Crippen LogP contribution in [0.5, 0.6) is 28.7 Å². The summed E-state index contributed by atoms with van der Waals surface area (Å²) in [4.78, 5) is 23.4. The second kappa shape index (κ2) is 15.2. The molecule has 198 valence electrons. The Hall–Kier alpha value is -4.96. The molecule has 0 fully saturated rings. The molecule has 38 heavy (non-hydrogen) atoms. The monoisotopic (exact) mass is 522 g/mol. The van der Waals surface area contributed by atoms with Crippen molar-refractivity contribution in [2.75, 3.05) is 27.2 Å². The Labute approximate surface area is 219 Å². The van der Waals surface area contributed by atoms with Gasteiger partial charge in [-0.05, 0) is 72.8 Å². The van der Waals surface area contributed by atoms with Gasteiger partial charge in [0, 0.05) is 6.08 Å². The van der Waals surface area contributed by atoms with E-state index in [2.05, 4.69) is 13.2 Å². The van der Waals surface area contributed by atoms with Crippen LogP contribution in [0.4, 0.5) is 0 Å². The summed E-state index contributed by atoms with van der Waals surface area (Å²) >= 11 is 0. The fourth-order valence-corrected chi connectivity index (χ4v) is 2.71. The molecule has 0 atom stereocenters. The van der Waals surface area contributed by atoms with Crippen LogP contribution in [0.3, 0.4) is 0 Å². The lowest BCUT2D eigenvalue weighted by atomic mass is 10.2. The predicted molar refractivity (Wildman–Crippen MR) is 135 cm³/mol. The minimum absolute atomic E-state index is 0.0252. The molecule has 0 aromatic heterocycles. The molecule has 0 radical (unpaired) electrons. The third-order valence-electron chi connectivity index (χ3n) is 4.57. The average Bonchev–Trinajstić information content (AvgIpc) is 2.95. The van der Waals surface area contributed by atoms with Crippen molar-refractivity contribution >= 4 is 11.9 Å². The van der Waals surface area contributed by atoms with Gasteiger partial charge in [0.15, 0.2) is 13.6 Å². The zero-order valence-corrected chi connectivity index (χ0v) is 20.4. The lowest BCUT2D eigenvalue weighted by Crippen LogP contribution is -2.10. The van der Waals surface area contributed by atoms with E-state index < -0.39 is 11.9 Å². The lowest BCUT2D eigenvalue weighted by molar-refractivity contribution is -0.144. The highest BCUT2D eigenvalue weighted by molar-refractivity contribution is 5.91. The highest BCUT2D eigenvalue weighted by Crippen LogP contribution is 2.21. The molecule has 0 bridgehead atoms. The van der Waals surface area contributed by atoms with Gasteiger partial charge in [-0.1, -0.05) is 13.2 Å². The maximum atomic E-state index is 12.4. The summed E-state index contributed by atoms with van der Waals surface area (Å²) in [5, 5.41) is 0. The average molecular weight is 523 g/mol. The normalized spacial score (nSPS) is 10.0. The van der Waals surface area contributed by atoms with Gasteiger partial charge in [-0.2, -0.15) is 0 Å². The molecular weight excluding hydrogens is 496 g/mol. The molecule has 0 N–H and O–H groups in total. The number of rotatable bonds is 16. The van der Waals surface area contributed by atoms with Crippen LogP contribution in [-0.2, 0) is 19.0 Å². The number of hydrogen-bond donors (Lipinski definition) is 0. The second-order valence-electron chi connectivity index (χ2n) is 7.11. The standard InChI is InChI=1S/C28H26O10/c1-3-27(29)37-20-36-22-7-5-21(6-8-22)28(30)38-26-15-13-25(14-16-26)35-19-34-24-11-9-23(10-12-24)33-18-32-17-31-4-2/h3-16H,1-2,17-20H2. The Bertz CT molecular complexity index is 1170. The highest BCUT2D eigenvalue weighted by Gasteiger charge is 2.09. The van der Waals surface area contributed by atoms with Crippen LogP contribution in [0, 0.1) is 0 Å². The third-order valence-corrected chi connectivity index (χ3v) is 4.57. The number of hydrogen-bond acceptors (Lipinski definition) is 10. The van der Waals surface area contributed by atoms with Gasteiger partial charge in [0.25, 0.3) is 0 Å². The number of carbonyl (C=O) groups is 2. The van der Waals surface area contributed by atoms with Crippen molar-refractivity contribution in [3.05, 3.63) is 104 Å². The topological polar surface area (TPSA) is 108 Å². The summed E-state index contributed by atoms with van der Waals surface area (Å²) in [5.74, 6) is 1.36. The molecule has 10 nitrogen and oxygen atoms in total. The van der Waals surface area contributed by atoms with Crippen LogP contribution in [0.1, 0.15) is 10.4 Å². The summed E-state index contributed by atoms with van der Waals surface area (Å²) in [7, 11) is 0. The SMILES string of the molecule is C=COCOCOc1ccc(OCOc2ccc(OC(=O)c3ccc(OCOC(=O)C=C)cc3)cc2)cc1. The molecule has 0 unspecified atom stereocenters. The smallest absolute Gasteiger partial charge is 0.343 e. The molecule has 0 aliphatic heterocycles. The van der Waals surface area contributed by atoms with Crippen molar-refractivity contribution in [1.29, 1.82) is 0 Å². The number of esters is 2. The van der Waals surface area contributed by atoms with E-state index in [4.69, 9.17) is 37.9 Å². The maximum absolute atomic E-state index is 12.4. The summed E-state index contributed by atoms with van der Waals surface area (Å²) in [6.45, 7) is 6.51. The largest absolute Gasteiger partial charge is 0.476 e. The fraction of sp³-hybridized carbons (Fsp3) is 0.143. The molecule has 10 heteroatoms. The first-order valence-electron chi connectivity index (χ1n) is 11.2. The van der Waals surface area contributed by atoms with Gasteiger partial charge in [-0.25, -0.2) is 9.59 Å². The van der Waals surface area contributed by atoms with E-state index in [0.717, 1.165) is 6.08 Å². The van der Waals surface area contributed by atoms with E-state index in [1.54, 1.807) is 60.7 Å². The fourth-order valence-electron chi connectivity index (χ4n) is 2.71. The molecule has 3 aromatic rings. The maximum Gasteiger partial charge on any atom is 0.343 e. The van der Waals surface area contributed by atoms with Gasteiger partial charge in [-0.3, -0.25) is 0 Å². The van der Waals surface area contributed by atoms with Crippen LogP contribution >= 0.6 is 0 Å². The van der Waals surface area contributed by atoms with Crippen LogP contribution in [-0.4, -0.2) is 39.1 Å². The van der Waals surface area contributed by atoms with Crippen LogP contribution in [0.2, 0.25) is 0 Å². The molecule has 0 saturated carbocycles. The highest BCUT2D eigenvalue weighted by atomic mass is 16.7. The molecule has 0 amide bonds. The Morgan fingerprint density at radius 2 is 1.08 bits per heavy atom. The predicted octanol–water partition coefficient (Wildman–Crippen LogP) is 4.86. The molecule has 0 saturated heterocycles. The summed E-state index contributed by atoms with van der Waals surface area (Å²) in [6.07, 6.45) is 2.32. The Kier molecular flexibility index (Phi) is 11.1. The van der Waals surface area contributed by atoms with E-state index in [0.29, 0.717) is 34.3 Å². The molecule has 0 heterocycles. The summed E-state index contributed by atoms with van der Waals surface area (Å²) in [6, 6.07) is 19.6. The first-order valence-corrected chi connectivity index (χ1v) is 11.2. The van der Waals surface area contributed by atoms with Gasteiger partial charge in [0.2, 0.25) is 13.6 Å². The zero-order valence-electron chi connectivity index (χ0n) is 20.4. The van der Waals surface area contributed by atoms with Crippen molar-refractivity contribution < 1.29 is 47.5 Å². The Balaban J connectivity index is 1.37. The third kappa shape index (κ3) is 9.59. The van der Waals surface area contributed by atoms with Crippen molar-refractivity contribution in [2.24, 2.45) is 0 Å². The van der Waals surface area contributed by atoms with E-state index in [1.165, 1.54) is 18.4 Å². The van der Waals surface area contributed by atoms with Gasteiger partial charge in [0.1, 0.15) is 28.7 Å². The van der Waals surface area contributed by atoms with Gasteiger partial charge < -0.3 is 37.9 Å². The first-order chi connectivity index (χ1) is 18.6. The van der Waals surface area contributed by atoms with Crippen molar-refractivity contribution in [2.45, 2.75) is 0 Å². The molecule has 0 aliphatic carbocycles. The van der Waals surface area contributed by atoms with E-state index >= 15 is 0 Å². The van der Waals surface area contributed by atoms with Crippen LogP contribution in [0.15, 0.2) is 98.3 Å². The summed E-state index contributed by atoms with van der Waals surface area (Å²) in [5.41, 5.74) is 0.319. The minimum Gasteiger partial charge on any atom is -0.476 e. The van der Waals surface area contributed by atoms with E-state index in [1.807, 2.05) is 0 Å². The zero-order chi connectivity index (χ0) is 27.0. The minimum atomic E-state index is -0.594. The van der Waals surface area contributed by atoms with Crippen LogP contribution < -0.4 is 23.7 Å². The number of benzene rings is 3. The quantitative estimate of drug-likeness (QED) is 0.0646. The van der Waals surface area contributed by atoms with Gasteiger partial charge in [-0.15, -0.1) is 0 Å². The lowest BCUT2D eigenvalue weighted by Gasteiger charge is -2.11. The Morgan fingerprint density at radius 3 is 1.61 bits per heavy atom. The second-order valence-corrected chi connectivity index (χ2v) is 7.11. The van der Waals surface area contributed by atoms with Crippen molar-refractivity contribution in [3.63, 3.8) is 0 Å². The van der Waals surface area contributed by atoms with Crippen molar-refractivity contribution in [1.82, 2.24) is 0 Å². The number of carbonyl (C=O) groups excluding carboxylic acids is 2. The van der Waals surface area contributed by atoms with E-state index in [9.17, 15) is 9.59 Å². The number of ether oxygens (including phenoxy) is 8. The molecular formula is C28H26O10. The molecule has 0 aliphatic rings. The molecule has 0 spiro atoms. The van der Waals surface area contributed by atoms with Crippen molar-refractivity contribution in [3.8, 4) is 28.7 Å². The summed E-state index contributed by atoms with van der Waals surface area (Å²) < 4.78 is 41.8.